The molecule has 1 amide bonds. The van der Waals surface area contributed by atoms with Crippen LogP contribution in [0.15, 0.2) is 40.0 Å². The molecule has 0 unspecified atom stereocenters. The van der Waals surface area contributed by atoms with Gasteiger partial charge in [0.25, 0.3) is 5.56 Å². The van der Waals surface area contributed by atoms with Crippen molar-refractivity contribution in [2.75, 3.05) is 5.43 Å². The standard InChI is InChI=1S/C18H18N2O3S/c1-11-8-12(2)20(18(23)9-11)19-17(22)10-14-13(5-6-15(14)21)16-4-3-7-24-16/h3-4,7-9H,5-6,10H2,1-2H3,(H,19,22). The van der Waals surface area contributed by atoms with Crippen LogP contribution in [-0.2, 0) is 9.59 Å². The van der Waals surface area contributed by atoms with Crippen LogP contribution in [0.2, 0.25) is 0 Å². The fourth-order valence-corrected chi connectivity index (χ4v) is 3.80. The number of aryl methyl sites for hydroxylation is 2. The van der Waals surface area contributed by atoms with E-state index in [4.69, 9.17) is 0 Å². The van der Waals surface area contributed by atoms with Gasteiger partial charge in [-0.15, -0.1) is 11.3 Å². The summed E-state index contributed by atoms with van der Waals surface area (Å²) in [5.41, 5.74) is 5.33. The zero-order valence-corrected chi connectivity index (χ0v) is 14.4. The molecule has 1 N–H and O–H groups in total. The smallest absolute Gasteiger partial charge is 0.269 e. The number of ketones is 1. The maximum Gasteiger partial charge on any atom is 0.269 e. The molecule has 2 aromatic heterocycles. The van der Waals surface area contributed by atoms with Gasteiger partial charge in [-0.25, -0.2) is 4.68 Å². The highest BCUT2D eigenvalue weighted by Crippen LogP contribution is 2.35. The molecule has 0 atom stereocenters. The average molecular weight is 342 g/mol. The van der Waals surface area contributed by atoms with Gasteiger partial charge in [-0.3, -0.25) is 19.8 Å². The number of carbonyl (C=O) groups excluding carboxylic acids is 2. The molecule has 0 aromatic carbocycles. The molecule has 0 bridgehead atoms. The van der Waals surface area contributed by atoms with Crippen molar-refractivity contribution in [2.45, 2.75) is 33.1 Å². The minimum Gasteiger partial charge on any atom is -0.295 e. The number of amides is 1. The third kappa shape index (κ3) is 3.23. The monoisotopic (exact) mass is 342 g/mol. The van der Waals surface area contributed by atoms with Gasteiger partial charge in [-0.05, 0) is 48.9 Å². The van der Waals surface area contributed by atoms with Gasteiger partial charge >= 0.3 is 0 Å². The molecule has 3 rings (SSSR count). The van der Waals surface area contributed by atoms with Crippen molar-refractivity contribution in [2.24, 2.45) is 0 Å². The predicted molar refractivity (Wildman–Crippen MR) is 94.6 cm³/mol. The van der Waals surface area contributed by atoms with Gasteiger partial charge in [-0.1, -0.05) is 6.07 Å². The Morgan fingerprint density at radius 2 is 2.04 bits per heavy atom. The highest BCUT2D eigenvalue weighted by Gasteiger charge is 2.26. The first-order valence-electron chi connectivity index (χ1n) is 7.75. The Morgan fingerprint density at radius 3 is 2.71 bits per heavy atom. The highest BCUT2D eigenvalue weighted by atomic mass is 32.1. The minimum atomic E-state index is -0.358. The van der Waals surface area contributed by atoms with Gasteiger partial charge in [0.05, 0.1) is 6.42 Å². The molecule has 0 spiro atoms. The summed E-state index contributed by atoms with van der Waals surface area (Å²) >= 11 is 1.57. The Labute approximate surface area is 143 Å². The number of pyridine rings is 1. The number of allylic oxidation sites excluding steroid dienone is 1. The van der Waals surface area contributed by atoms with Crippen LogP contribution in [0.1, 0.15) is 35.4 Å². The number of aromatic nitrogens is 1. The molecule has 0 saturated carbocycles. The Balaban J connectivity index is 1.83. The minimum absolute atomic E-state index is 0.00811. The van der Waals surface area contributed by atoms with Gasteiger partial charge in [0.15, 0.2) is 5.78 Å². The van der Waals surface area contributed by atoms with E-state index in [9.17, 15) is 14.4 Å². The molecule has 6 heteroatoms. The van der Waals surface area contributed by atoms with Crippen LogP contribution in [-0.4, -0.2) is 16.4 Å². The molecule has 1 aliphatic rings. The lowest BCUT2D eigenvalue weighted by Gasteiger charge is -2.12. The van der Waals surface area contributed by atoms with Gasteiger partial charge in [0.1, 0.15) is 0 Å². The van der Waals surface area contributed by atoms with E-state index in [0.717, 1.165) is 16.0 Å². The Hall–Kier alpha value is -2.47. The molecule has 0 aliphatic heterocycles. The van der Waals surface area contributed by atoms with E-state index in [-0.39, 0.29) is 23.7 Å². The summed E-state index contributed by atoms with van der Waals surface area (Å²) in [7, 11) is 0. The van der Waals surface area contributed by atoms with Crippen LogP contribution >= 0.6 is 11.3 Å². The lowest BCUT2D eigenvalue weighted by molar-refractivity contribution is -0.119. The van der Waals surface area contributed by atoms with Crippen molar-refractivity contribution < 1.29 is 9.59 Å². The van der Waals surface area contributed by atoms with Gasteiger partial charge in [-0.2, -0.15) is 0 Å². The molecule has 0 saturated heterocycles. The van der Waals surface area contributed by atoms with Crippen molar-refractivity contribution >= 4 is 28.6 Å². The molecular weight excluding hydrogens is 324 g/mol. The Morgan fingerprint density at radius 1 is 1.25 bits per heavy atom. The van der Waals surface area contributed by atoms with Crippen molar-refractivity contribution in [3.05, 3.63) is 61.7 Å². The van der Waals surface area contributed by atoms with Crippen molar-refractivity contribution in [3.63, 3.8) is 0 Å². The van der Waals surface area contributed by atoms with Crippen LogP contribution in [0.4, 0.5) is 0 Å². The number of thiophene rings is 1. The number of carbonyl (C=O) groups is 2. The molecule has 124 valence electrons. The second-order valence-electron chi connectivity index (χ2n) is 5.92. The molecular formula is C18H18N2O3S. The summed E-state index contributed by atoms with van der Waals surface area (Å²) in [6, 6.07) is 7.18. The maximum atomic E-state index is 12.4. The third-order valence-corrected chi connectivity index (χ3v) is 4.99. The number of Topliss-reactive ketones (excluding diaryl/α,β-unsaturated/α-hetero) is 1. The molecule has 0 radical (unpaired) electrons. The first kappa shape index (κ1) is 16.4. The molecule has 1 aliphatic carbocycles. The predicted octanol–water partition coefficient (Wildman–Crippen LogP) is 2.80. The largest absolute Gasteiger partial charge is 0.295 e. The van der Waals surface area contributed by atoms with Crippen LogP contribution in [0.3, 0.4) is 0 Å². The molecule has 2 aromatic rings. The van der Waals surface area contributed by atoms with Crippen LogP contribution in [0, 0.1) is 13.8 Å². The first-order valence-corrected chi connectivity index (χ1v) is 8.63. The zero-order valence-electron chi connectivity index (χ0n) is 13.6. The first-order chi connectivity index (χ1) is 11.5. The van der Waals surface area contributed by atoms with E-state index in [0.29, 0.717) is 24.1 Å². The summed E-state index contributed by atoms with van der Waals surface area (Å²) in [5, 5.41) is 1.96. The summed E-state index contributed by atoms with van der Waals surface area (Å²) in [4.78, 5) is 37.6. The highest BCUT2D eigenvalue weighted by molar-refractivity contribution is 7.11. The topological polar surface area (TPSA) is 68.2 Å². The number of nitrogens with zero attached hydrogens (tertiary/aromatic N) is 1. The zero-order chi connectivity index (χ0) is 17.3. The second-order valence-corrected chi connectivity index (χ2v) is 6.86. The number of hydrogen-bond acceptors (Lipinski definition) is 4. The molecule has 24 heavy (non-hydrogen) atoms. The lowest BCUT2D eigenvalue weighted by Crippen LogP contribution is -2.34. The van der Waals surface area contributed by atoms with E-state index in [1.165, 1.54) is 10.7 Å². The molecule has 0 fully saturated rings. The van der Waals surface area contributed by atoms with Crippen LogP contribution in [0.5, 0.6) is 0 Å². The number of hydrogen-bond donors (Lipinski definition) is 1. The SMILES string of the molecule is Cc1cc(C)n(NC(=O)CC2=C(c3cccs3)CCC2=O)c(=O)c1. The van der Waals surface area contributed by atoms with E-state index in [1.807, 2.05) is 30.5 Å². The van der Waals surface area contributed by atoms with Crippen LogP contribution in [0.25, 0.3) is 5.57 Å². The normalized spacial score (nSPS) is 14.3. The molecule has 5 nitrogen and oxygen atoms in total. The summed E-state index contributed by atoms with van der Waals surface area (Å²) < 4.78 is 1.22. The fraction of sp³-hybridized carbons (Fsp3) is 0.278. The summed E-state index contributed by atoms with van der Waals surface area (Å²) in [6.07, 6.45) is 1.11. The summed E-state index contributed by atoms with van der Waals surface area (Å²) in [5.74, 6) is -0.343. The fourth-order valence-electron chi connectivity index (χ4n) is 2.97. The summed E-state index contributed by atoms with van der Waals surface area (Å²) in [6.45, 7) is 3.58. The van der Waals surface area contributed by atoms with E-state index < -0.39 is 0 Å². The number of rotatable bonds is 4. The average Bonchev–Trinajstić information content (AvgIpc) is 3.14. The lowest BCUT2D eigenvalue weighted by atomic mass is 10.1. The van der Waals surface area contributed by atoms with E-state index in [2.05, 4.69) is 5.43 Å². The number of nitrogens with one attached hydrogen (secondary N) is 1. The van der Waals surface area contributed by atoms with E-state index in [1.54, 1.807) is 18.3 Å². The second kappa shape index (κ2) is 6.57. The maximum absolute atomic E-state index is 12.4. The molecule has 2 heterocycles. The van der Waals surface area contributed by atoms with Crippen molar-refractivity contribution in [3.8, 4) is 0 Å². The van der Waals surface area contributed by atoms with Gasteiger partial charge in [0, 0.05) is 28.6 Å². The quantitative estimate of drug-likeness (QED) is 0.929. The van der Waals surface area contributed by atoms with Gasteiger partial charge in [0.2, 0.25) is 5.91 Å². The van der Waals surface area contributed by atoms with Crippen molar-refractivity contribution in [1.82, 2.24) is 4.68 Å². The Kier molecular flexibility index (Phi) is 4.49. The van der Waals surface area contributed by atoms with Crippen molar-refractivity contribution in [1.29, 1.82) is 0 Å². The third-order valence-electron chi connectivity index (χ3n) is 4.06. The Bertz CT molecular complexity index is 891. The van der Waals surface area contributed by atoms with E-state index >= 15 is 0 Å². The van der Waals surface area contributed by atoms with Gasteiger partial charge < -0.3 is 0 Å². The van der Waals surface area contributed by atoms with Crippen LogP contribution < -0.4 is 11.0 Å².